The van der Waals surface area contributed by atoms with Gasteiger partial charge in [-0.15, -0.1) is 0 Å². The maximum absolute atomic E-state index is 12.7. The number of anilines is 1. The number of sulfonamides is 1. The van der Waals surface area contributed by atoms with E-state index in [-0.39, 0.29) is 5.91 Å². The van der Waals surface area contributed by atoms with E-state index in [1.54, 1.807) is 12.1 Å². The zero-order valence-corrected chi connectivity index (χ0v) is 14.2. The number of nitrogens with one attached hydrogen (secondary N) is 1. The maximum atomic E-state index is 12.7. The number of hydrogen-bond donors (Lipinski definition) is 1. The molecule has 0 bridgehead atoms. The molecule has 0 unspecified atom stereocenters. The van der Waals surface area contributed by atoms with Gasteiger partial charge in [-0.05, 0) is 49.6 Å². The summed E-state index contributed by atoms with van der Waals surface area (Å²) in [7, 11) is -3.27. The number of benzene rings is 1. The molecule has 3 rings (SSSR count). The second kappa shape index (κ2) is 6.49. The van der Waals surface area contributed by atoms with Gasteiger partial charge in [0.05, 0.1) is 11.9 Å². The van der Waals surface area contributed by atoms with E-state index in [4.69, 9.17) is 0 Å². The minimum Gasteiger partial charge on any atom is -0.337 e. The molecule has 23 heavy (non-hydrogen) atoms. The van der Waals surface area contributed by atoms with Crippen LogP contribution in [0.4, 0.5) is 5.69 Å². The summed E-state index contributed by atoms with van der Waals surface area (Å²) in [6, 6.07) is 5.40. The number of amides is 1. The summed E-state index contributed by atoms with van der Waals surface area (Å²) in [5, 5.41) is 3.29. The van der Waals surface area contributed by atoms with Crippen LogP contribution in [0.1, 0.15) is 28.8 Å². The van der Waals surface area contributed by atoms with Gasteiger partial charge in [-0.1, -0.05) is 0 Å². The number of rotatable bonds is 2. The molecule has 1 fully saturated rings. The fraction of sp³-hybridized carbons (Fsp3) is 0.562. The van der Waals surface area contributed by atoms with Crippen LogP contribution in [-0.2, 0) is 16.4 Å². The lowest BCUT2D eigenvalue weighted by atomic mass is 10.00. The average molecular weight is 337 g/mol. The molecule has 1 amide bonds. The Bertz CT molecular complexity index is 695. The highest BCUT2D eigenvalue weighted by atomic mass is 32.2. The van der Waals surface area contributed by atoms with Crippen LogP contribution < -0.4 is 9.62 Å². The number of hydrogen-bond acceptors (Lipinski definition) is 4. The van der Waals surface area contributed by atoms with Gasteiger partial charge in [0.2, 0.25) is 10.0 Å². The Hall–Kier alpha value is -1.60. The minimum atomic E-state index is -3.27. The second-order valence-corrected chi connectivity index (χ2v) is 8.08. The minimum absolute atomic E-state index is 0.0352. The van der Waals surface area contributed by atoms with Crippen molar-refractivity contribution in [3.8, 4) is 0 Å². The summed E-state index contributed by atoms with van der Waals surface area (Å²) >= 11 is 0. The summed E-state index contributed by atoms with van der Waals surface area (Å²) in [5.41, 5.74) is 2.31. The molecule has 0 aromatic heterocycles. The first-order valence-electron chi connectivity index (χ1n) is 8.07. The number of aryl methyl sites for hydroxylation is 1. The van der Waals surface area contributed by atoms with E-state index in [0.29, 0.717) is 24.3 Å². The predicted molar refractivity (Wildman–Crippen MR) is 90.3 cm³/mol. The van der Waals surface area contributed by atoms with Crippen LogP contribution in [0.3, 0.4) is 0 Å². The van der Waals surface area contributed by atoms with Gasteiger partial charge >= 0.3 is 0 Å². The van der Waals surface area contributed by atoms with Crippen molar-refractivity contribution in [1.29, 1.82) is 0 Å². The van der Waals surface area contributed by atoms with Crippen LogP contribution in [0.2, 0.25) is 0 Å². The topological polar surface area (TPSA) is 69.7 Å². The van der Waals surface area contributed by atoms with Crippen molar-refractivity contribution < 1.29 is 13.2 Å². The van der Waals surface area contributed by atoms with Crippen molar-refractivity contribution in [3.63, 3.8) is 0 Å². The monoisotopic (exact) mass is 337 g/mol. The third-order valence-corrected chi connectivity index (χ3v) is 5.61. The Morgan fingerprint density at radius 2 is 1.96 bits per heavy atom. The van der Waals surface area contributed by atoms with Gasteiger partial charge in [0.15, 0.2) is 0 Å². The number of carbonyl (C=O) groups is 1. The number of carbonyl (C=O) groups excluding carboxylic acids is 1. The first kappa shape index (κ1) is 16.3. The fourth-order valence-electron chi connectivity index (χ4n) is 3.27. The fourth-order valence-corrected chi connectivity index (χ4v) is 4.27. The Balaban J connectivity index is 1.87. The molecule has 1 N–H and O–H groups in total. The van der Waals surface area contributed by atoms with E-state index in [1.165, 1.54) is 10.6 Å². The summed E-state index contributed by atoms with van der Waals surface area (Å²) in [6.07, 6.45) is 3.78. The molecule has 7 heteroatoms. The van der Waals surface area contributed by atoms with Crippen LogP contribution >= 0.6 is 0 Å². The van der Waals surface area contributed by atoms with Gasteiger partial charge in [-0.2, -0.15) is 0 Å². The summed E-state index contributed by atoms with van der Waals surface area (Å²) < 4.78 is 25.2. The molecule has 0 saturated carbocycles. The molecule has 0 spiro atoms. The van der Waals surface area contributed by atoms with E-state index in [2.05, 4.69) is 5.32 Å². The highest BCUT2D eigenvalue weighted by molar-refractivity contribution is 7.92. The molecule has 1 aromatic rings. The highest BCUT2D eigenvalue weighted by Crippen LogP contribution is 2.30. The van der Waals surface area contributed by atoms with Crippen LogP contribution in [-0.4, -0.2) is 58.2 Å². The van der Waals surface area contributed by atoms with Gasteiger partial charge in [0, 0.05) is 31.7 Å². The normalized spacial score (nSPS) is 19.2. The van der Waals surface area contributed by atoms with E-state index >= 15 is 0 Å². The Morgan fingerprint density at radius 1 is 1.13 bits per heavy atom. The summed E-state index contributed by atoms with van der Waals surface area (Å²) in [6.45, 7) is 3.75. The van der Waals surface area contributed by atoms with Crippen molar-refractivity contribution in [2.75, 3.05) is 43.3 Å². The van der Waals surface area contributed by atoms with Crippen molar-refractivity contribution in [3.05, 3.63) is 29.3 Å². The largest absolute Gasteiger partial charge is 0.337 e. The van der Waals surface area contributed by atoms with E-state index < -0.39 is 10.0 Å². The molecule has 1 saturated heterocycles. The molecule has 0 aliphatic carbocycles. The van der Waals surface area contributed by atoms with Crippen LogP contribution in [0.15, 0.2) is 18.2 Å². The lowest BCUT2D eigenvalue weighted by Crippen LogP contribution is -2.36. The lowest BCUT2D eigenvalue weighted by Gasteiger charge is -2.30. The smallest absolute Gasteiger partial charge is 0.253 e. The van der Waals surface area contributed by atoms with E-state index in [9.17, 15) is 13.2 Å². The SMILES string of the molecule is CS(=O)(=O)N1CCCc2cc(C(=O)N3CCCNCC3)ccc21. The summed E-state index contributed by atoms with van der Waals surface area (Å²) in [5.74, 6) is 0.0352. The maximum Gasteiger partial charge on any atom is 0.253 e. The first-order chi connectivity index (χ1) is 11.0. The molecular formula is C16H23N3O3S. The predicted octanol–water partition coefficient (Wildman–Crippen LogP) is 0.834. The Kier molecular flexibility index (Phi) is 4.59. The van der Waals surface area contributed by atoms with Crippen LogP contribution in [0.5, 0.6) is 0 Å². The van der Waals surface area contributed by atoms with Gasteiger partial charge in [-0.3, -0.25) is 9.10 Å². The second-order valence-electron chi connectivity index (χ2n) is 6.18. The third-order valence-electron chi connectivity index (χ3n) is 4.43. The molecule has 6 nitrogen and oxygen atoms in total. The quantitative estimate of drug-likeness (QED) is 0.868. The Labute approximate surface area is 137 Å². The Morgan fingerprint density at radius 3 is 2.74 bits per heavy atom. The number of nitrogens with zero attached hydrogens (tertiary/aromatic N) is 2. The zero-order valence-electron chi connectivity index (χ0n) is 13.4. The molecule has 2 heterocycles. The molecule has 0 atom stereocenters. The average Bonchev–Trinajstić information content (AvgIpc) is 2.81. The summed E-state index contributed by atoms with van der Waals surface area (Å²) in [4.78, 5) is 14.6. The van der Waals surface area contributed by atoms with Gasteiger partial charge in [0.25, 0.3) is 5.91 Å². The van der Waals surface area contributed by atoms with Crippen molar-refractivity contribution in [2.24, 2.45) is 0 Å². The van der Waals surface area contributed by atoms with Crippen molar-refractivity contribution >= 4 is 21.6 Å². The first-order valence-corrected chi connectivity index (χ1v) is 9.92. The van der Waals surface area contributed by atoms with Gasteiger partial charge in [0.1, 0.15) is 0 Å². The number of fused-ring (bicyclic) bond motifs is 1. The van der Waals surface area contributed by atoms with Crippen molar-refractivity contribution in [2.45, 2.75) is 19.3 Å². The van der Waals surface area contributed by atoms with Crippen LogP contribution in [0.25, 0.3) is 0 Å². The molecule has 0 radical (unpaired) electrons. The molecular weight excluding hydrogens is 314 g/mol. The van der Waals surface area contributed by atoms with E-state index in [1.807, 2.05) is 11.0 Å². The molecule has 1 aromatic carbocycles. The highest BCUT2D eigenvalue weighted by Gasteiger charge is 2.25. The lowest BCUT2D eigenvalue weighted by molar-refractivity contribution is 0.0766. The van der Waals surface area contributed by atoms with Gasteiger partial charge < -0.3 is 10.2 Å². The third kappa shape index (κ3) is 3.50. The van der Waals surface area contributed by atoms with Crippen LogP contribution in [0, 0.1) is 0 Å². The van der Waals surface area contributed by atoms with Gasteiger partial charge in [-0.25, -0.2) is 8.42 Å². The standard InChI is InChI=1S/C16H23N3O3S/c1-23(21,22)19-10-2-4-13-12-14(5-6-15(13)19)16(20)18-9-3-7-17-8-11-18/h5-6,12,17H,2-4,7-11H2,1H3. The van der Waals surface area contributed by atoms with E-state index in [0.717, 1.165) is 44.5 Å². The zero-order chi connectivity index (χ0) is 16.4. The molecule has 2 aliphatic heterocycles. The van der Waals surface area contributed by atoms with Crippen molar-refractivity contribution in [1.82, 2.24) is 10.2 Å². The molecule has 126 valence electrons. The molecule has 2 aliphatic rings.